The van der Waals surface area contributed by atoms with E-state index in [9.17, 15) is 19.2 Å². The summed E-state index contributed by atoms with van der Waals surface area (Å²) in [6, 6.07) is 0. The van der Waals surface area contributed by atoms with E-state index in [1.807, 2.05) is 11.0 Å². The van der Waals surface area contributed by atoms with Crippen molar-refractivity contribution in [2.24, 2.45) is 0 Å². The number of hydrogen-bond donors (Lipinski definition) is 2. The molecule has 0 heterocycles. The first-order valence-corrected chi connectivity index (χ1v) is 7.23. The average Bonchev–Trinajstić information content (AvgIpc) is 2.33. The molecule has 25 heavy (non-hydrogen) atoms. The van der Waals surface area contributed by atoms with Crippen molar-refractivity contribution in [3.8, 4) is 0 Å². The number of nitrogens with one attached hydrogen (secondary N) is 2. The fourth-order valence-corrected chi connectivity index (χ4v) is 1.09. The van der Waals surface area contributed by atoms with Crippen LogP contribution in [0.25, 0.3) is 0 Å². The van der Waals surface area contributed by atoms with Crippen molar-refractivity contribution in [2.45, 2.75) is 52.7 Å². The summed E-state index contributed by atoms with van der Waals surface area (Å²) in [5.41, 5.74) is 2.22. The van der Waals surface area contributed by atoms with Gasteiger partial charge in [-0.25, -0.2) is 19.2 Å². The first-order valence-electron chi connectivity index (χ1n) is 7.23. The molecule has 2 amide bonds. The van der Waals surface area contributed by atoms with Crippen LogP contribution >= 0.6 is 0 Å². The molecular formula is C14H24N2O9. The molecule has 11 nitrogen and oxygen atoms in total. The van der Waals surface area contributed by atoms with E-state index < -0.39 is 48.5 Å². The number of ether oxygens (including phenoxy) is 3. The van der Waals surface area contributed by atoms with Crippen LogP contribution in [-0.4, -0.2) is 48.5 Å². The van der Waals surface area contributed by atoms with Gasteiger partial charge < -0.3 is 14.2 Å². The molecule has 0 atom stereocenters. The molecule has 0 aromatic rings. The molecule has 11 heteroatoms. The van der Waals surface area contributed by atoms with Crippen LogP contribution in [0, 0.1) is 0 Å². The van der Waals surface area contributed by atoms with Gasteiger partial charge in [0.2, 0.25) is 0 Å². The Balaban J connectivity index is 3.87. The van der Waals surface area contributed by atoms with E-state index in [2.05, 4.69) is 14.4 Å². The van der Waals surface area contributed by atoms with Gasteiger partial charge in [-0.3, -0.25) is 9.68 Å². The highest BCUT2D eigenvalue weighted by Crippen LogP contribution is 2.06. The summed E-state index contributed by atoms with van der Waals surface area (Å²) < 4.78 is 14.0. The maximum atomic E-state index is 11.3. The molecule has 0 aromatic heterocycles. The molecular weight excluding hydrogens is 340 g/mol. The molecule has 0 aliphatic carbocycles. The predicted octanol–water partition coefficient (Wildman–Crippen LogP) is 0.969. The van der Waals surface area contributed by atoms with Crippen molar-refractivity contribution in [3.05, 3.63) is 0 Å². The first-order chi connectivity index (χ1) is 11.3. The van der Waals surface area contributed by atoms with E-state index >= 15 is 0 Å². The van der Waals surface area contributed by atoms with Gasteiger partial charge in [-0.1, -0.05) is 0 Å². The second-order valence-electron chi connectivity index (χ2n) is 6.63. The van der Waals surface area contributed by atoms with Crippen LogP contribution in [0.1, 0.15) is 41.5 Å². The molecule has 0 unspecified atom stereocenters. The van der Waals surface area contributed by atoms with Gasteiger partial charge in [-0.15, -0.1) is 0 Å². The van der Waals surface area contributed by atoms with Crippen LogP contribution in [0.4, 0.5) is 9.59 Å². The Morgan fingerprint density at radius 2 is 1.00 bits per heavy atom. The number of carbonyl (C=O) groups is 4. The van der Waals surface area contributed by atoms with Crippen molar-refractivity contribution in [3.63, 3.8) is 0 Å². The van der Waals surface area contributed by atoms with Gasteiger partial charge in [0, 0.05) is 0 Å². The van der Waals surface area contributed by atoms with Crippen LogP contribution < -0.4 is 11.0 Å². The highest BCUT2D eigenvalue weighted by atomic mass is 16.7. The van der Waals surface area contributed by atoms with E-state index in [1.165, 1.54) is 0 Å². The Hall–Kier alpha value is -2.40. The van der Waals surface area contributed by atoms with Crippen LogP contribution in [0.15, 0.2) is 0 Å². The molecule has 0 spiro atoms. The molecule has 0 aliphatic heterocycles. The maximum Gasteiger partial charge on any atom is 0.431 e. The quantitative estimate of drug-likeness (QED) is 0.305. The predicted molar refractivity (Wildman–Crippen MR) is 81.7 cm³/mol. The smallest absolute Gasteiger partial charge is 0.431 e. The number of esters is 2. The van der Waals surface area contributed by atoms with E-state index in [0.29, 0.717) is 0 Å². The summed E-state index contributed by atoms with van der Waals surface area (Å²) in [5, 5.41) is 0. The van der Waals surface area contributed by atoms with Gasteiger partial charge in [-0.2, -0.15) is 11.0 Å². The third-order valence-electron chi connectivity index (χ3n) is 1.72. The summed E-state index contributed by atoms with van der Waals surface area (Å²) in [7, 11) is 0. The summed E-state index contributed by atoms with van der Waals surface area (Å²) in [6.45, 7) is 8.40. The van der Waals surface area contributed by atoms with Crippen molar-refractivity contribution in [1.29, 1.82) is 0 Å². The van der Waals surface area contributed by atoms with E-state index in [4.69, 9.17) is 9.47 Å². The SMILES string of the molecule is CC(C)(C)OC(=O)NOCC(=O)OC(=O)CONC(=O)OC(C)(C)C. The Bertz CT molecular complexity index is 448. The van der Waals surface area contributed by atoms with Crippen LogP contribution in [0.2, 0.25) is 0 Å². The summed E-state index contributed by atoms with van der Waals surface area (Å²) in [4.78, 5) is 54.0. The number of hydroxylamine groups is 2. The summed E-state index contributed by atoms with van der Waals surface area (Å²) in [5.74, 6) is -2.16. The molecule has 2 N–H and O–H groups in total. The minimum atomic E-state index is -1.08. The number of rotatable bonds is 6. The maximum absolute atomic E-state index is 11.3. The monoisotopic (exact) mass is 364 g/mol. The van der Waals surface area contributed by atoms with Crippen molar-refractivity contribution in [2.75, 3.05) is 13.2 Å². The van der Waals surface area contributed by atoms with Crippen LogP contribution in [0.5, 0.6) is 0 Å². The average molecular weight is 364 g/mol. The fraction of sp³-hybridized carbons (Fsp3) is 0.714. The van der Waals surface area contributed by atoms with Gasteiger partial charge >= 0.3 is 24.1 Å². The van der Waals surface area contributed by atoms with E-state index in [-0.39, 0.29) is 0 Å². The van der Waals surface area contributed by atoms with Crippen molar-refractivity contribution in [1.82, 2.24) is 11.0 Å². The normalized spacial score (nSPS) is 11.3. The minimum absolute atomic E-state index is 0.732. The largest absolute Gasteiger partial charge is 0.442 e. The summed E-state index contributed by atoms with van der Waals surface area (Å²) >= 11 is 0. The van der Waals surface area contributed by atoms with E-state index in [0.717, 1.165) is 0 Å². The van der Waals surface area contributed by atoms with Crippen molar-refractivity contribution < 1.29 is 43.1 Å². The molecule has 0 rings (SSSR count). The zero-order valence-corrected chi connectivity index (χ0v) is 15.1. The lowest BCUT2D eigenvalue weighted by atomic mass is 10.2. The topological polar surface area (TPSA) is 138 Å². The van der Waals surface area contributed by atoms with E-state index in [1.54, 1.807) is 41.5 Å². The van der Waals surface area contributed by atoms with Gasteiger partial charge in [0.15, 0.2) is 13.2 Å². The number of carbonyl (C=O) groups excluding carboxylic acids is 4. The molecule has 0 saturated heterocycles. The summed E-state index contributed by atoms with van der Waals surface area (Å²) in [6.07, 6.45) is -1.81. The molecule has 144 valence electrons. The Labute approximate surface area is 145 Å². The molecule has 0 fully saturated rings. The molecule has 0 radical (unpaired) electrons. The third kappa shape index (κ3) is 14.9. The Morgan fingerprint density at radius 1 is 0.680 bits per heavy atom. The van der Waals surface area contributed by atoms with Gasteiger partial charge in [0.05, 0.1) is 0 Å². The minimum Gasteiger partial charge on any atom is -0.442 e. The standard InChI is InChI=1S/C14H24N2O9/c1-13(2,3)24-11(19)15-21-7-9(17)23-10(18)8-22-16-12(20)25-14(4,5)6/h7-8H2,1-6H3,(H,15,19)(H,16,20). The second kappa shape index (κ2) is 9.79. The molecule has 0 saturated carbocycles. The second-order valence-corrected chi connectivity index (χ2v) is 6.63. The zero-order valence-electron chi connectivity index (χ0n) is 15.1. The fourth-order valence-electron chi connectivity index (χ4n) is 1.09. The van der Waals surface area contributed by atoms with Crippen molar-refractivity contribution >= 4 is 24.1 Å². The van der Waals surface area contributed by atoms with Crippen LogP contribution in [-0.2, 0) is 33.5 Å². The lowest BCUT2D eigenvalue weighted by Crippen LogP contribution is -2.35. The zero-order chi connectivity index (χ0) is 19.7. The van der Waals surface area contributed by atoms with Gasteiger partial charge in [-0.05, 0) is 41.5 Å². The van der Waals surface area contributed by atoms with Crippen LogP contribution in [0.3, 0.4) is 0 Å². The lowest BCUT2D eigenvalue weighted by molar-refractivity contribution is -0.168. The Kier molecular flexibility index (Phi) is 8.85. The number of hydrogen-bond acceptors (Lipinski definition) is 9. The molecule has 0 aromatic carbocycles. The van der Waals surface area contributed by atoms with Gasteiger partial charge in [0.25, 0.3) is 0 Å². The lowest BCUT2D eigenvalue weighted by Gasteiger charge is -2.19. The third-order valence-corrected chi connectivity index (χ3v) is 1.72. The number of amides is 2. The van der Waals surface area contributed by atoms with Gasteiger partial charge in [0.1, 0.15) is 11.2 Å². The first kappa shape index (κ1) is 22.6. The Morgan fingerprint density at radius 3 is 1.28 bits per heavy atom. The molecule has 0 bridgehead atoms. The molecule has 0 aliphatic rings. The highest BCUT2D eigenvalue weighted by molar-refractivity contribution is 5.86. The highest BCUT2D eigenvalue weighted by Gasteiger charge is 2.18.